The number of nitrogens with zero attached hydrogens (tertiary/aromatic N) is 2. The number of ether oxygens (including phenoxy) is 1. The van der Waals surface area contributed by atoms with Crippen LogP contribution in [0.1, 0.15) is 32.3 Å². The number of halogens is 2. The molecule has 214 valence electrons. The molecule has 0 fully saturated rings. The van der Waals surface area contributed by atoms with E-state index in [9.17, 15) is 22.4 Å². The Hall–Kier alpha value is -3.63. The number of methoxy groups -OCH3 is 1. The second-order valence-corrected chi connectivity index (χ2v) is 11.4. The van der Waals surface area contributed by atoms with Gasteiger partial charge in [-0.1, -0.05) is 43.1 Å². The van der Waals surface area contributed by atoms with E-state index in [4.69, 9.17) is 16.3 Å². The number of hydrogen-bond acceptors (Lipinski definition) is 5. The minimum atomic E-state index is -4.25. The third kappa shape index (κ3) is 7.73. The van der Waals surface area contributed by atoms with Crippen molar-refractivity contribution in [3.05, 3.63) is 89.2 Å². The molecule has 3 aromatic carbocycles. The summed E-state index contributed by atoms with van der Waals surface area (Å²) in [6.45, 7) is 3.06. The van der Waals surface area contributed by atoms with Gasteiger partial charge in [0.1, 0.15) is 24.2 Å². The molecular formula is C29H33ClFN3O5S. The molecule has 11 heteroatoms. The molecule has 8 nitrogen and oxygen atoms in total. The Kier molecular flexibility index (Phi) is 10.9. The number of amides is 2. The summed E-state index contributed by atoms with van der Waals surface area (Å²) >= 11 is 6.03. The van der Waals surface area contributed by atoms with E-state index in [-0.39, 0.29) is 22.7 Å². The van der Waals surface area contributed by atoms with Crippen molar-refractivity contribution in [3.8, 4) is 5.75 Å². The van der Waals surface area contributed by atoms with Crippen molar-refractivity contribution in [1.82, 2.24) is 10.2 Å². The molecule has 1 N–H and O–H groups in total. The molecule has 3 aromatic rings. The lowest BCUT2D eigenvalue weighted by atomic mass is 10.1. The van der Waals surface area contributed by atoms with Gasteiger partial charge in [0.25, 0.3) is 10.0 Å². The molecule has 0 saturated heterocycles. The molecule has 0 aliphatic carbocycles. The normalized spacial score (nSPS) is 11.9. The number of carbonyl (C=O) groups is 2. The zero-order chi connectivity index (χ0) is 29.3. The Labute approximate surface area is 239 Å². The van der Waals surface area contributed by atoms with E-state index in [1.165, 1.54) is 85.7 Å². The number of hydrogen-bond donors (Lipinski definition) is 1. The van der Waals surface area contributed by atoms with Crippen LogP contribution >= 0.6 is 11.6 Å². The van der Waals surface area contributed by atoms with Gasteiger partial charge in [0.15, 0.2) is 0 Å². The molecule has 3 rings (SSSR count). The van der Waals surface area contributed by atoms with E-state index in [1.807, 2.05) is 6.92 Å². The predicted molar refractivity (Wildman–Crippen MR) is 153 cm³/mol. The van der Waals surface area contributed by atoms with Crippen LogP contribution in [-0.2, 0) is 26.2 Å². The number of rotatable bonds is 13. The van der Waals surface area contributed by atoms with Crippen LogP contribution in [0.25, 0.3) is 0 Å². The highest BCUT2D eigenvalue weighted by atomic mass is 35.5. The van der Waals surface area contributed by atoms with Crippen LogP contribution in [0, 0.1) is 5.82 Å². The van der Waals surface area contributed by atoms with Gasteiger partial charge in [-0.05, 0) is 67.9 Å². The van der Waals surface area contributed by atoms with Crippen molar-refractivity contribution in [2.24, 2.45) is 0 Å². The summed E-state index contributed by atoms with van der Waals surface area (Å²) in [6.07, 6.45) is 1.62. The van der Waals surface area contributed by atoms with E-state index < -0.39 is 40.2 Å². The quantitative estimate of drug-likeness (QED) is 0.283. The second-order valence-electron chi connectivity index (χ2n) is 9.10. The van der Waals surface area contributed by atoms with Crippen molar-refractivity contribution in [2.75, 3.05) is 24.5 Å². The summed E-state index contributed by atoms with van der Waals surface area (Å²) in [7, 11) is -2.79. The molecule has 0 unspecified atom stereocenters. The van der Waals surface area contributed by atoms with Crippen molar-refractivity contribution in [2.45, 2.75) is 44.2 Å². The van der Waals surface area contributed by atoms with Crippen molar-refractivity contribution in [3.63, 3.8) is 0 Å². The molecule has 1 atom stereocenters. The lowest BCUT2D eigenvalue weighted by Crippen LogP contribution is -2.51. The van der Waals surface area contributed by atoms with Crippen LogP contribution in [0.4, 0.5) is 10.1 Å². The minimum Gasteiger partial charge on any atom is -0.497 e. The smallest absolute Gasteiger partial charge is 0.264 e. The number of unbranched alkanes of at least 4 members (excludes halogenated alkanes) is 1. The highest BCUT2D eigenvalue weighted by Crippen LogP contribution is 2.27. The second kappa shape index (κ2) is 14.1. The molecule has 40 heavy (non-hydrogen) atoms. The van der Waals surface area contributed by atoms with E-state index >= 15 is 0 Å². The van der Waals surface area contributed by atoms with E-state index in [0.717, 1.165) is 17.1 Å². The standard InChI is InChI=1S/C29H33ClFN3O5S/c1-4-5-18-32-29(36)21(2)33(19-22-8-6-7-9-27(22)31)28(35)20-34(24-12-10-23(30)11-13-24)40(37,38)26-16-14-25(39-3)15-17-26/h6-17,21H,4-5,18-20H2,1-3H3,(H,32,36)/t21-/m0/s1. The predicted octanol–water partition coefficient (Wildman–Crippen LogP) is 5.02. The number of sulfonamides is 1. The fourth-order valence-electron chi connectivity index (χ4n) is 3.94. The van der Waals surface area contributed by atoms with E-state index in [0.29, 0.717) is 17.3 Å². The van der Waals surface area contributed by atoms with Crippen LogP contribution in [0.2, 0.25) is 5.02 Å². The van der Waals surface area contributed by atoms with Gasteiger partial charge >= 0.3 is 0 Å². The van der Waals surface area contributed by atoms with Gasteiger partial charge in [-0.25, -0.2) is 12.8 Å². The molecule has 2 amide bonds. The molecule has 0 saturated carbocycles. The summed E-state index contributed by atoms with van der Waals surface area (Å²) in [5.74, 6) is -1.19. The fraction of sp³-hybridized carbons (Fsp3) is 0.310. The number of nitrogens with one attached hydrogen (secondary N) is 1. The van der Waals surface area contributed by atoms with E-state index in [1.54, 1.807) is 6.07 Å². The lowest BCUT2D eigenvalue weighted by Gasteiger charge is -2.32. The summed E-state index contributed by atoms with van der Waals surface area (Å²) in [4.78, 5) is 27.9. The zero-order valence-electron chi connectivity index (χ0n) is 22.6. The summed E-state index contributed by atoms with van der Waals surface area (Å²) < 4.78 is 48.3. The van der Waals surface area contributed by atoms with Crippen LogP contribution in [0.15, 0.2) is 77.7 Å². The molecule has 0 radical (unpaired) electrons. The summed E-state index contributed by atoms with van der Waals surface area (Å²) in [6, 6.07) is 16.7. The van der Waals surface area contributed by atoms with Crippen molar-refractivity contribution < 1.29 is 27.1 Å². The van der Waals surface area contributed by atoms with Crippen LogP contribution < -0.4 is 14.4 Å². The zero-order valence-corrected chi connectivity index (χ0v) is 24.2. The van der Waals surface area contributed by atoms with Gasteiger partial charge in [-0.2, -0.15) is 0 Å². The molecular weight excluding hydrogens is 557 g/mol. The first-order valence-electron chi connectivity index (χ1n) is 12.8. The highest BCUT2D eigenvalue weighted by Gasteiger charge is 2.32. The maximum absolute atomic E-state index is 14.6. The van der Waals surface area contributed by atoms with Crippen LogP contribution in [0.3, 0.4) is 0 Å². The fourth-order valence-corrected chi connectivity index (χ4v) is 5.48. The highest BCUT2D eigenvalue weighted by molar-refractivity contribution is 7.92. The Morgan fingerprint density at radius 3 is 2.27 bits per heavy atom. The third-order valence-electron chi connectivity index (χ3n) is 6.34. The SMILES string of the molecule is CCCCNC(=O)[C@H](C)N(Cc1ccccc1F)C(=O)CN(c1ccc(Cl)cc1)S(=O)(=O)c1ccc(OC)cc1. The molecule has 0 aromatic heterocycles. The lowest BCUT2D eigenvalue weighted by molar-refractivity contribution is -0.139. The number of carbonyl (C=O) groups excluding carboxylic acids is 2. The number of anilines is 1. The summed E-state index contributed by atoms with van der Waals surface area (Å²) in [5, 5.41) is 3.18. The average Bonchev–Trinajstić information content (AvgIpc) is 2.95. The Morgan fingerprint density at radius 1 is 1.02 bits per heavy atom. The van der Waals surface area contributed by atoms with Crippen LogP contribution in [-0.4, -0.2) is 51.4 Å². The Balaban J connectivity index is 2.00. The first kappa shape index (κ1) is 30.9. The minimum absolute atomic E-state index is 0.0675. The first-order valence-corrected chi connectivity index (χ1v) is 14.6. The molecule has 0 aliphatic rings. The Morgan fingerprint density at radius 2 is 1.68 bits per heavy atom. The van der Waals surface area contributed by atoms with Gasteiger partial charge in [0.2, 0.25) is 11.8 Å². The van der Waals surface area contributed by atoms with Crippen LogP contribution in [0.5, 0.6) is 5.75 Å². The first-order chi connectivity index (χ1) is 19.1. The molecule has 0 heterocycles. The van der Waals surface area contributed by atoms with Gasteiger partial charge in [0, 0.05) is 23.7 Å². The summed E-state index contributed by atoms with van der Waals surface area (Å²) in [5.41, 5.74) is 0.388. The Bertz CT molecular complexity index is 1400. The van der Waals surface area contributed by atoms with Gasteiger partial charge in [-0.15, -0.1) is 0 Å². The molecule has 0 aliphatic heterocycles. The third-order valence-corrected chi connectivity index (χ3v) is 8.38. The maximum atomic E-state index is 14.6. The van der Waals surface area contributed by atoms with Gasteiger partial charge in [-0.3, -0.25) is 13.9 Å². The average molecular weight is 590 g/mol. The maximum Gasteiger partial charge on any atom is 0.264 e. The molecule has 0 bridgehead atoms. The topological polar surface area (TPSA) is 96.0 Å². The largest absolute Gasteiger partial charge is 0.497 e. The monoisotopic (exact) mass is 589 g/mol. The van der Waals surface area contributed by atoms with Crippen molar-refractivity contribution in [1.29, 1.82) is 0 Å². The van der Waals surface area contributed by atoms with E-state index in [2.05, 4.69) is 5.32 Å². The van der Waals surface area contributed by atoms with Gasteiger partial charge < -0.3 is 15.0 Å². The van der Waals surface area contributed by atoms with Crippen molar-refractivity contribution >= 4 is 39.1 Å². The number of benzene rings is 3. The molecule has 0 spiro atoms. The van der Waals surface area contributed by atoms with Gasteiger partial charge in [0.05, 0.1) is 17.7 Å².